The zero-order valence-corrected chi connectivity index (χ0v) is 12.1. The molecule has 0 fully saturated rings. The predicted molar refractivity (Wildman–Crippen MR) is 83.7 cm³/mol. The third kappa shape index (κ3) is 3.48. The number of aromatic nitrogens is 1. The second kappa shape index (κ2) is 6.39. The van der Waals surface area contributed by atoms with E-state index in [0.717, 1.165) is 18.7 Å². The fourth-order valence-corrected chi connectivity index (χ4v) is 2.20. The van der Waals surface area contributed by atoms with Crippen LogP contribution in [0.1, 0.15) is 11.1 Å². The topological polar surface area (TPSA) is 66.0 Å². The molecule has 0 aliphatic carbocycles. The molecule has 104 valence electrons. The van der Waals surface area contributed by atoms with Crippen LogP contribution in [0.4, 0.5) is 5.69 Å². The Labute approximate surface area is 123 Å². The zero-order chi connectivity index (χ0) is 14.5. The summed E-state index contributed by atoms with van der Waals surface area (Å²) in [5, 5.41) is 8.23. The van der Waals surface area contributed by atoms with Crippen molar-refractivity contribution in [2.24, 2.45) is 5.73 Å². The van der Waals surface area contributed by atoms with Crippen molar-refractivity contribution in [2.45, 2.75) is 6.42 Å². The van der Waals surface area contributed by atoms with Crippen molar-refractivity contribution in [3.05, 3.63) is 58.9 Å². The highest BCUT2D eigenvalue weighted by Gasteiger charge is 2.10. The van der Waals surface area contributed by atoms with E-state index >= 15 is 0 Å². The van der Waals surface area contributed by atoms with Gasteiger partial charge in [-0.05, 0) is 42.3 Å². The molecule has 0 saturated carbocycles. The van der Waals surface area contributed by atoms with Gasteiger partial charge in [0.1, 0.15) is 5.84 Å². The van der Waals surface area contributed by atoms with Gasteiger partial charge >= 0.3 is 0 Å². The van der Waals surface area contributed by atoms with Gasteiger partial charge in [-0.15, -0.1) is 0 Å². The van der Waals surface area contributed by atoms with Gasteiger partial charge < -0.3 is 10.6 Å². The Morgan fingerprint density at radius 1 is 1.30 bits per heavy atom. The van der Waals surface area contributed by atoms with Crippen molar-refractivity contribution in [3.8, 4) is 0 Å². The number of anilines is 1. The molecule has 2 aromatic rings. The van der Waals surface area contributed by atoms with E-state index in [1.54, 1.807) is 18.5 Å². The standard InChI is InChI=1S/C15H17ClN4/c1-20(9-6-11-4-7-19-8-5-11)14-3-2-12(16)10-13(14)15(17)18/h2-5,7-8,10H,6,9H2,1H3,(H3,17,18). The number of likely N-dealkylation sites (N-methyl/N-ethyl adjacent to an activating group) is 1. The molecule has 0 radical (unpaired) electrons. The average Bonchev–Trinajstić information content (AvgIpc) is 2.45. The summed E-state index contributed by atoms with van der Waals surface area (Å²) in [6, 6.07) is 9.43. The van der Waals surface area contributed by atoms with Crippen LogP contribution >= 0.6 is 11.6 Å². The summed E-state index contributed by atoms with van der Waals surface area (Å²) in [7, 11) is 1.98. The molecule has 1 aromatic heterocycles. The lowest BCUT2D eigenvalue weighted by molar-refractivity contribution is 0.874. The van der Waals surface area contributed by atoms with E-state index in [2.05, 4.69) is 9.88 Å². The molecular formula is C15H17ClN4. The molecule has 1 aromatic carbocycles. The van der Waals surface area contributed by atoms with E-state index in [1.807, 2.05) is 31.3 Å². The van der Waals surface area contributed by atoms with Crippen LogP contribution in [-0.4, -0.2) is 24.4 Å². The molecule has 2 rings (SSSR count). The second-order valence-electron chi connectivity index (χ2n) is 4.60. The molecule has 1 heterocycles. The van der Waals surface area contributed by atoms with Crippen LogP contribution in [0.3, 0.4) is 0 Å². The van der Waals surface area contributed by atoms with Gasteiger partial charge in [0.05, 0.1) is 0 Å². The minimum Gasteiger partial charge on any atom is -0.384 e. The average molecular weight is 289 g/mol. The lowest BCUT2D eigenvalue weighted by Gasteiger charge is -2.22. The molecule has 4 nitrogen and oxygen atoms in total. The van der Waals surface area contributed by atoms with Gasteiger partial charge in [-0.3, -0.25) is 10.4 Å². The molecule has 5 heteroatoms. The number of hydrogen-bond donors (Lipinski definition) is 2. The van der Waals surface area contributed by atoms with Gasteiger partial charge in [-0.2, -0.15) is 0 Å². The number of halogens is 1. The summed E-state index contributed by atoms with van der Waals surface area (Å²) in [6.07, 6.45) is 4.48. The van der Waals surface area contributed by atoms with Gasteiger partial charge in [0.2, 0.25) is 0 Å². The minimum atomic E-state index is 0.0262. The molecule has 0 aliphatic heterocycles. The fourth-order valence-electron chi connectivity index (χ4n) is 2.02. The lowest BCUT2D eigenvalue weighted by Crippen LogP contribution is -2.24. The normalized spacial score (nSPS) is 10.3. The lowest BCUT2D eigenvalue weighted by atomic mass is 10.1. The summed E-state index contributed by atoms with van der Waals surface area (Å²) in [4.78, 5) is 6.08. The first-order valence-corrected chi connectivity index (χ1v) is 6.69. The summed E-state index contributed by atoms with van der Waals surface area (Å²) in [5.41, 5.74) is 8.42. The quantitative estimate of drug-likeness (QED) is 0.657. The highest BCUT2D eigenvalue weighted by molar-refractivity contribution is 6.31. The number of rotatable bonds is 5. The molecule has 0 saturated heterocycles. The van der Waals surface area contributed by atoms with Crippen LogP contribution in [0.15, 0.2) is 42.7 Å². The first kappa shape index (κ1) is 14.3. The number of nitrogens with one attached hydrogen (secondary N) is 1. The fraction of sp³-hybridized carbons (Fsp3) is 0.200. The Morgan fingerprint density at radius 2 is 2.00 bits per heavy atom. The van der Waals surface area contributed by atoms with E-state index in [0.29, 0.717) is 10.6 Å². The van der Waals surface area contributed by atoms with Crippen molar-refractivity contribution in [1.82, 2.24) is 4.98 Å². The number of pyridine rings is 1. The van der Waals surface area contributed by atoms with Crippen molar-refractivity contribution in [1.29, 1.82) is 5.41 Å². The molecule has 20 heavy (non-hydrogen) atoms. The summed E-state index contributed by atoms with van der Waals surface area (Å²) in [5.74, 6) is 0.0262. The predicted octanol–water partition coefficient (Wildman–Crippen LogP) is 2.70. The Hall–Kier alpha value is -2.07. The number of nitrogens with zero attached hydrogens (tertiary/aromatic N) is 2. The number of nitrogens with two attached hydrogens (primary N) is 1. The monoisotopic (exact) mass is 288 g/mol. The molecule has 0 bridgehead atoms. The molecule has 0 spiro atoms. The summed E-state index contributed by atoms with van der Waals surface area (Å²) in [6.45, 7) is 0.825. The third-order valence-corrected chi connectivity index (χ3v) is 3.38. The zero-order valence-electron chi connectivity index (χ0n) is 11.3. The van der Waals surface area contributed by atoms with Gasteiger partial charge in [0.25, 0.3) is 0 Å². The first-order valence-electron chi connectivity index (χ1n) is 6.32. The van der Waals surface area contributed by atoms with E-state index in [1.165, 1.54) is 5.56 Å². The maximum Gasteiger partial charge on any atom is 0.124 e. The van der Waals surface area contributed by atoms with Crippen LogP contribution < -0.4 is 10.6 Å². The molecular weight excluding hydrogens is 272 g/mol. The Morgan fingerprint density at radius 3 is 2.65 bits per heavy atom. The third-order valence-electron chi connectivity index (χ3n) is 3.15. The molecule has 0 atom stereocenters. The molecule has 0 aliphatic rings. The van der Waals surface area contributed by atoms with Crippen molar-refractivity contribution in [3.63, 3.8) is 0 Å². The maximum atomic E-state index is 7.65. The van der Waals surface area contributed by atoms with Crippen LogP contribution in [0.25, 0.3) is 0 Å². The van der Waals surface area contributed by atoms with Gasteiger partial charge in [0.15, 0.2) is 0 Å². The van der Waals surface area contributed by atoms with Gasteiger partial charge in [0, 0.05) is 42.3 Å². The van der Waals surface area contributed by atoms with Crippen LogP contribution in [0.2, 0.25) is 5.02 Å². The Bertz CT molecular complexity index is 598. The van der Waals surface area contributed by atoms with E-state index in [4.69, 9.17) is 22.7 Å². The highest BCUT2D eigenvalue weighted by atomic mass is 35.5. The minimum absolute atomic E-state index is 0.0262. The Kier molecular flexibility index (Phi) is 4.58. The van der Waals surface area contributed by atoms with Gasteiger partial charge in [-0.25, -0.2) is 0 Å². The second-order valence-corrected chi connectivity index (χ2v) is 5.04. The molecule has 3 N–H and O–H groups in total. The highest BCUT2D eigenvalue weighted by Crippen LogP contribution is 2.23. The number of nitrogen functional groups attached to an aromatic ring is 1. The van der Waals surface area contributed by atoms with E-state index in [9.17, 15) is 0 Å². The van der Waals surface area contributed by atoms with Crippen molar-refractivity contribution < 1.29 is 0 Å². The number of amidine groups is 1. The van der Waals surface area contributed by atoms with Crippen LogP contribution in [0.5, 0.6) is 0 Å². The molecule has 0 amide bonds. The van der Waals surface area contributed by atoms with E-state index < -0.39 is 0 Å². The largest absolute Gasteiger partial charge is 0.384 e. The smallest absolute Gasteiger partial charge is 0.124 e. The van der Waals surface area contributed by atoms with Gasteiger partial charge in [-0.1, -0.05) is 11.6 Å². The summed E-state index contributed by atoms with van der Waals surface area (Å²) >= 11 is 5.96. The SMILES string of the molecule is CN(CCc1ccncc1)c1ccc(Cl)cc1C(=N)N. The molecule has 0 unspecified atom stereocenters. The van der Waals surface area contributed by atoms with Crippen LogP contribution in [-0.2, 0) is 6.42 Å². The maximum absolute atomic E-state index is 7.65. The Balaban J connectivity index is 2.13. The van der Waals surface area contributed by atoms with Crippen molar-refractivity contribution >= 4 is 23.1 Å². The van der Waals surface area contributed by atoms with Crippen molar-refractivity contribution in [2.75, 3.05) is 18.5 Å². The number of hydrogen-bond acceptors (Lipinski definition) is 3. The summed E-state index contributed by atoms with van der Waals surface area (Å²) < 4.78 is 0. The number of benzene rings is 1. The van der Waals surface area contributed by atoms with E-state index in [-0.39, 0.29) is 5.84 Å². The first-order chi connectivity index (χ1) is 9.58. The van der Waals surface area contributed by atoms with Crippen LogP contribution in [0, 0.1) is 5.41 Å².